The van der Waals surface area contributed by atoms with Gasteiger partial charge in [-0.15, -0.1) is 0 Å². The molecule has 9 heteroatoms. The summed E-state index contributed by atoms with van der Waals surface area (Å²) in [6.45, 7) is 1.47. The van der Waals surface area contributed by atoms with Gasteiger partial charge >= 0.3 is 0 Å². The zero-order chi connectivity index (χ0) is 33.9. The summed E-state index contributed by atoms with van der Waals surface area (Å²) in [5.41, 5.74) is 13.3. The Morgan fingerprint density at radius 1 is 0.640 bits per heavy atom. The quantitative estimate of drug-likeness (QED) is 0.141. The Labute approximate surface area is 287 Å². The Morgan fingerprint density at radius 2 is 1.12 bits per heavy atom. The smallest absolute Gasteiger partial charge is 0.222 e. The number of nitrogens with one attached hydrogen (secondary N) is 3. The van der Waals surface area contributed by atoms with Gasteiger partial charge in [0.15, 0.2) is 16.7 Å². The third-order valence-electron chi connectivity index (χ3n) is 8.30. The predicted octanol–water partition coefficient (Wildman–Crippen LogP) is 7.51. The van der Waals surface area contributed by atoms with Crippen LogP contribution < -0.4 is 21.9 Å². The van der Waals surface area contributed by atoms with E-state index in [1.165, 1.54) is 12.5 Å². The van der Waals surface area contributed by atoms with Gasteiger partial charge in [-0.2, -0.15) is 0 Å². The summed E-state index contributed by atoms with van der Waals surface area (Å²) in [6.07, 6.45) is 1.29. The van der Waals surface area contributed by atoms with E-state index < -0.39 is 0 Å². The van der Waals surface area contributed by atoms with Crippen molar-refractivity contribution >= 4 is 61.2 Å². The second kappa shape index (κ2) is 14.2. The molecule has 6 aromatic carbocycles. The maximum atomic E-state index is 11.6. The van der Waals surface area contributed by atoms with Gasteiger partial charge < -0.3 is 21.0 Å². The number of anilines is 2. The van der Waals surface area contributed by atoms with Crippen molar-refractivity contribution in [2.24, 2.45) is 0 Å². The molecule has 0 aliphatic heterocycles. The van der Waals surface area contributed by atoms with Crippen molar-refractivity contribution in [1.82, 2.24) is 19.9 Å². The number of amides is 1. The number of aromatic nitrogens is 4. The molecule has 1 amide bonds. The Kier molecular flexibility index (Phi) is 9.49. The summed E-state index contributed by atoms with van der Waals surface area (Å²) in [7, 11) is 0. The van der Waals surface area contributed by atoms with Gasteiger partial charge in [0.2, 0.25) is 5.91 Å². The molecule has 248 valence electrons. The number of H-pyrrole nitrogens is 2. The summed E-state index contributed by atoms with van der Waals surface area (Å²) in [4.78, 5) is 50.8. The highest BCUT2D eigenvalue weighted by Crippen LogP contribution is 2.27. The standard InChI is InChI=1S/C21H17N3O2.C19H15N3O.CH4/c1-13(25)22-21-19(11-14-5-3-2-4-6-14)23-20-17-9-8-16(26)12-15(17)7-10-18(20)24-21;20-19-17(10-12-4-2-1-3-5-12)21-18-15-8-7-14(23)11-13(15)6-9-16(18)22-19;/h2-10,12,23H,11H2,1H3,(H,22,25);1-9,11,21H,10,20H2;1H4. The van der Waals surface area contributed by atoms with E-state index >= 15 is 0 Å². The summed E-state index contributed by atoms with van der Waals surface area (Å²) >= 11 is 0. The highest BCUT2D eigenvalue weighted by atomic mass is 16.1. The van der Waals surface area contributed by atoms with Crippen LogP contribution >= 0.6 is 0 Å². The number of rotatable bonds is 5. The maximum Gasteiger partial charge on any atom is 0.222 e. The molecule has 2 heterocycles. The molecule has 0 bridgehead atoms. The summed E-state index contributed by atoms with van der Waals surface area (Å²) in [5.74, 6) is 0.853. The lowest BCUT2D eigenvalue weighted by Crippen LogP contribution is -2.12. The third kappa shape index (κ3) is 7.12. The van der Waals surface area contributed by atoms with E-state index in [1.54, 1.807) is 24.3 Å². The second-order valence-corrected chi connectivity index (χ2v) is 11.9. The van der Waals surface area contributed by atoms with E-state index in [2.05, 4.69) is 37.4 Å². The van der Waals surface area contributed by atoms with Crippen LogP contribution in [0.5, 0.6) is 0 Å². The van der Waals surface area contributed by atoms with E-state index in [0.717, 1.165) is 60.6 Å². The Bertz CT molecular complexity index is 2620. The van der Waals surface area contributed by atoms with Crippen molar-refractivity contribution in [1.29, 1.82) is 0 Å². The number of hydrogen-bond acceptors (Lipinski definition) is 6. The van der Waals surface area contributed by atoms with Gasteiger partial charge in [-0.3, -0.25) is 14.4 Å². The first-order chi connectivity index (χ1) is 23.8. The van der Waals surface area contributed by atoms with Crippen LogP contribution in [0.1, 0.15) is 36.9 Å². The van der Waals surface area contributed by atoms with Crippen LogP contribution in [0.2, 0.25) is 0 Å². The van der Waals surface area contributed by atoms with Gasteiger partial charge in [0.05, 0.1) is 33.5 Å². The number of aromatic amines is 2. The van der Waals surface area contributed by atoms with Crippen molar-refractivity contribution in [2.45, 2.75) is 27.2 Å². The van der Waals surface area contributed by atoms with Crippen LogP contribution in [0.4, 0.5) is 11.6 Å². The molecule has 0 aliphatic carbocycles. The normalized spacial score (nSPS) is 10.8. The topological polar surface area (TPSA) is 147 Å². The monoisotopic (exact) mass is 660 g/mol. The molecule has 0 saturated heterocycles. The molecule has 0 radical (unpaired) electrons. The van der Waals surface area contributed by atoms with Crippen LogP contribution in [0.3, 0.4) is 0 Å². The fourth-order valence-electron chi connectivity index (χ4n) is 5.98. The summed E-state index contributed by atoms with van der Waals surface area (Å²) in [6, 6.07) is 37.6. The van der Waals surface area contributed by atoms with Gasteiger partial charge in [-0.05, 0) is 70.4 Å². The average molecular weight is 661 g/mol. The number of carbonyl (C=O) groups excluding carboxylic acids is 1. The lowest BCUT2D eigenvalue weighted by Gasteiger charge is -2.13. The first kappa shape index (κ1) is 33.3. The minimum Gasteiger partial charge on any atom is -0.382 e. The van der Waals surface area contributed by atoms with Gasteiger partial charge in [-0.1, -0.05) is 80.2 Å². The second-order valence-electron chi connectivity index (χ2n) is 11.9. The van der Waals surface area contributed by atoms with Crippen LogP contribution in [-0.4, -0.2) is 25.8 Å². The number of hydrogen-bond donors (Lipinski definition) is 4. The van der Waals surface area contributed by atoms with Crippen LogP contribution in [0.15, 0.2) is 131 Å². The molecular formula is C41H36N6O3. The minimum atomic E-state index is -0.170. The van der Waals surface area contributed by atoms with Crippen molar-refractivity contribution in [2.75, 3.05) is 11.1 Å². The number of nitrogen functional groups attached to an aromatic ring is 1. The van der Waals surface area contributed by atoms with Crippen LogP contribution in [-0.2, 0) is 17.6 Å². The molecule has 50 heavy (non-hydrogen) atoms. The van der Waals surface area contributed by atoms with Crippen LogP contribution in [0.25, 0.3) is 43.6 Å². The minimum absolute atomic E-state index is 0. The first-order valence-electron chi connectivity index (χ1n) is 15.8. The van der Waals surface area contributed by atoms with E-state index in [-0.39, 0.29) is 24.2 Å². The summed E-state index contributed by atoms with van der Waals surface area (Å²) in [5, 5.41) is 6.48. The molecule has 0 aliphatic rings. The molecule has 2 aromatic heterocycles. The zero-order valence-electron chi connectivity index (χ0n) is 26.7. The maximum absolute atomic E-state index is 11.6. The third-order valence-corrected chi connectivity index (χ3v) is 8.30. The zero-order valence-corrected chi connectivity index (χ0v) is 26.7. The molecule has 0 fully saturated rings. The fourth-order valence-corrected chi connectivity index (χ4v) is 5.98. The van der Waals surface area contributed by atoms with Crippen molar-refractivity contribution in [3.05, 3.63) is 164 Å². The number of carbonyl (C=O) groups is 1. The van der Waals surface area contributed by atoms with Gasteiger partial charge in [0.25, 0.3) is 0 Å². The molecule has 0 unspecified atom stereocenters. The number of nitrogens with zero attached hydrogens (tertiary/aromatic N) is 2. The average Bonchev–Trinajstić information content (AvgIpc) is 3.09. The molecule has 5 N–H and O–H groups in total. The lowest BCUT2D eigenvalue weighted by atomic mass is 10.1. The van der Waals surface area contributed by atoms with Crippen LogP contribution in [0, 0.1) is 0 Å². The molecular weight excluding hydrogens is 624 g/mol. The predicted molar refractivity (Wildman–Crippen MR) is 204 cm³/mol. The van der Waals surface area contributed by atoms with E-state index in [4.69, 9.17) is 5.73 Å². The molecule has 0 saturated carbocycles. The van der Waals surface area contributed by atoms with E-state index in [0.29, 0.717) is 24.5 Å². The lowest BCUT2D eigenvalue weighted by molar-refractivity contribution is -0.114. The molecule has 8 rings (SSSR count). The molecule has 9 nitrogen and oxygen atoms in total. The Balaban J connectivity index is 0.000000171. The van der Waals surface area contributed by atoms with E-state index in [9.17, 15) is 14.4 Å². The van der Waals surface area contributed by atoms with E-state index in [1.807, 2.05) is 84.9 Å². The van der Waals surface area contributed by atoms with Gasteiger partial charge in [0, 0.05) is 30.5 Å². The number of benzene rings is 6. The molecule has 0 spiro atoms. The number of nitrogens with two attached hydrogens (primary N) is 1. The van der Waals surface area contributed by atoms with Crippen molar-refractivity contribution in [3.8, 4) is 0 Å². The SMILES string of the molecule is C.CC(=O)Nc1nc2ccc3cc(=O)ccc3c2[nH]c1Cc1ccccc1.Nc1nc2ccc3cc(=O)ccc3c2[nH]c1Cc1ccccc1. The van der Waals surface area contributed by atoms with Gasteiger partial charge in [-0.25, -0.2) is 9.97 Å². The largest absolute Gasteiger partial charge is 0.382 e. The molecule has 0 atom stereocenters. The highest BCUT2D eigenvalue weighted by molar-refractivity contribution is 6.05. The Hall–Kier alpha value is -6.61. The van der Waals surface area contributed by atoms with Crippen molar-refractivity contribution < 1.29 is 4.79 Å². The number of fused-ring (bicyclic) bond motifs is 6. The summed E-state index contributed by atoms with van der Waals surface area (Å²) < 4.78 is 0. The molecule has 8 aromatic rings. The van der Waals surface area contributed by atoms with Gasteiger partial charge in [0.1, 0.15) is 5.82 Å². The Morgan fingerprint density at radius 3 is 1.64 bits per heavy atom. The highest BCUT2D eigenvalue weighted by Gasteiger charge is 2.12. The first-order valence-corrected chi connectivity index (χ1v) is 15.8. The fraction of sp³-hybridized carbons (Fsp3) is 0.0976. The van der Waals surface area contributed by atoms with Crippen molar-refractivity contribution in [3.63, 3.8) is 0 Å².